The van der Waals surface area contributed by atoms with E-state index in [1.807, 2.05) is 12.1 Å². The Morgan fingerprint density at radius 3 is 3.00 bits per heavy atom. The third-order valence-electron chi connectivity index (χ3n) is 3.71. The van der Waals surface area contributed by atoms with E-state index in [2.05, 4.69) is 43.3 Å². The summed E-state index contributed by atoms with van der Waals surface area (Å²) < 4.78 is 14.0. The van der Waals surface area contributed by atoms with E-state index in [-0.39, 0.29) is 11.7 Å². The second-order valence-electron chi connectivity index (χ2n) is 4.93. The molecule has 2 N–H and O–H groups in total. The topological polar surface area (TPSA) is 40.7 Å². The smallest absolute Gasteiger partial charge is 0.139 e. The van der Waals surface area contributed by atoms with E-state index in [4.69, 9.17) is 0 Å². The third kappa shape index (κ3) is 1.73. The molecule has 3 nitrogen and oxygen atoms in total. The summed E-state index contributed by atoms with van der Waals surface area (Å²) in [5.41, 5.74) is 3.87. The molecule has 0 saturated heterocycles. The summed E-state index contributed by atoms with van der Waals surface area (Å²) in [7, 11) is 0. The Labute approximate surface area is 123 Å². The van der Waals surface area contributed by atoms with E-state index in [1.165, 1.54) is 11.6 Å². The summed E-state index contributed by atoms with van der Waals surface area (Å²) in [5, 5.41) is 3.37. The lowest BCUT2D eigenvalue weighted by atomic mass is 10.0. The fourth-order valence-electron chi connectivity index (χ4n) is 2.72. The van der Waals surface area contributed by atoms with E-state index < -0.39 is 0 Å². The summed E-state index contributed by atoms with van der Waals surface area (Å²) in [5.74, 6) is 0.771. The second-order valence-corrected chi connectivity index (χ2v) is 5.78. The van der Waals surface area contributed by atoms with E-state index >= 15 is 0 Å². The third-order valence-corrected chi connectivity index (χ3v) is 4.31. The molecule has 0 amide bonds. The number of hydrogen-bond acceptors (Lipinski definition) is 2. The molecule has 1 atom stereocenters. The Kier molecular flexibility index (Phi) is 2.57. The van der Waals surface area contributed by atoms with E-state index in [0.717, 1.165) is 29.1 Å². The number of benzene rings is 2. The van der Waals surface area contributed by atoms with Crippen molar-refractivity contribution < 1.29 is 4.39 Å². The molecule has 0 spiro atoms. The van der Waals surface area contributed by atoms with Crippen molar-refractivity contribution in [2.45, 2.75) is 5.92 Å². The van der Waals surface area contributed by atoms with Crippen molar-refractivity contribution in [3.63, 3.8) is 0 Å². The van der Waals surface area contributed by atoms with Gasteiger partial charge in [0, 0.05) is 18.3 Å². The van der Waals surface area contributed by atoms with Gasteiger partial charge in [0.2, 0.25) is 0 Å². The SMILES string of the molecule is Fc1cc2[nH]c(C3CNc4ccccc43)nc2cc1Br. The van der Waals surface area contributed by atoms with Crippen molar-refractivity contribution in [1.82, 2.24) is 9.97 Å². The van der Waals surface area contributed by atoms with Crippen LogP contribution in [-0.4, -0.2) is 16.5 Å². The van der Waals surface area contributed by atoms with Crippen LogP contribution in [0.5, 0.6) is 0 Å². The van der Waals surface area contributed by atoms with Gasteiger partial charge in [0.1, 0.15) is 11.6 Å². The fourth-order valence-corrected chi connectivity index (χ4v) is 3.05. The molecule has 0 radical (unpaired) electrons. The number of aromatic amines is 1. The summed E-state index contributed by atoms with van der Waals surface area (Å²) in [6.45, 7) is 0.808. The molecule has 1 aromatic heterocycles. The lowest BCUT2D eigenvalue weighted by Crippen LogP contribution is -2.05. The maximum atomic E-state index is 13.6. The predicted octanol–water partition coefficient (Wildman–Crippen LogP) is 4.02. The molecule has 1 aliphatic rings. The van der Waals surface area contributed by atoms with E-state index in [1.54, 1.807) is 6.07 Å². The normalized spacial score (nSPS) is 17.2. The second kappa shape index (κ2) is 4.31. The summed E-state index contributed by atoms with van der Waals surface area (Å²) in [6, 6.07) is 11.4. The quantitative estimate of drug-likeness (QED) is 0.707. The average Bonchev–Trinajstić information content (AvgIpc) is 3.02. The number of imidazole rings is 1. The number of nitrogens with zero attached hydrogens (tertiary/aromatic N) is 1. The van der Waals surface area contributed by atoms with Crippen LogP contribution in [0.4, 0.5) is 10.1 Å². The summed E-state index contributed by atoms with van der Waals surface area (Å²) in [4.78, 5) is 7.84. The summed E-state index contributed by atoms with van der Waals surface area (Å²) >= 11 is 3.19. The Morgan fingerprint density at radius 1 is 1.25 bits per heavy atom. The lowest BCUT2D eigenvalue weighted by Gasteiger charge is -2.05. The maximum absolute atomic E-state index is 13.6. The van der Waals surface area contributed by atoms with Gasteiger partial charge in [-0.2, -0.15) is 0 Å². The van der Waals surface area contributed by atoms with Gasteiger partial charge in [-0.1, -0.05) is 18.2 Å². The molecule has 3 aromatic rings. The van der Waals surface area contributed by atoms with Gasteiger partial charge >= 0.3 is 0 Å². The number of nitrogens with one attached hydrogen (secondary N) is 2. The first kappa shape index (κ1) is 11.9. The standard InChI is InChI=1S/C15H11BrFN3/c16-10-5-13-14(6-11(10)17)20-15(19-13)9-7-18-12-4-2-1-3-8(9)12/h1-6,9,18H,7H2,(H,19,20). The first-order valence-electron chi connectivity index (χ1n) is 6.40. The van der Waals surface area contributed by atoms with Crippen LogP contribution in [0, 0.1) is 5.82 Å². The molecule has 0 bridgehead atoms. The van der Waals surface area contributed by atoms with Crippen LogP contribution in [0.15, 0.2) is 40.9 Å². The van der Waals surface area contributed by atoms with Crippen LogP contribution in [0.25, 0.3) is 11.0 Å². The molecule has 0 fully saturated rings. The highest BCUT2D eigenvalue weighted by Gasteiger charge is 2.26. The van der Waals surface area contributed by atoms with Crippen LogP contribution < -0.4 is 5.32 Å². The molecule has 2 heterocycles. The van der Waals surface area contributed by atoms with E-state index in [9.17, 15) is 4.39 Å². The molecular formula is C15H11BrFN3. The Hall–Kier alpha value is -1.88. The van der Waals surface area contributed by atoms with Gasteiger partial charge in [-0.3, -0.25) is 0 Å². The van der Waals surface area contributed by atoms with Gasteiger partial charge in [0.25, 0.3) is 0 Å². The van der Waals surface area contributed by atoms with Crippen LogP contribution in [0.1, 0.15) is 17.3 Å². The van der Waals surface area contributed by atoms with Crippen molar-refractivity contribution in [2.24, 2.45) is 0 Å². The van der Waals surface area contributed by atoms with E-state index in [0.29, 0.717) is 4.47 Å². The van der Waals surface area contributed by atoms with Gasteiger partial charge in [-0.15, -0.1) is 0 Å². The fraction of sp³-hybridized carbons (Fsp3) is 0.133. The number of aromatic nitrogens is 2. The van der Waals surface area contributed by atoms with Crippen molar-refractivity contribution in [1.29, 1.82) is 0 Å². The molecule has 100 valence electrons. The highest BCUT2D eigenvalue weighted by atomic mass is 79.9. The Morgan fingerprint density at radius 2 is 2.10 bits per heavy atom. The summed E-state index contributed by atoms with van der Waals surface area (Å²) in [6.07, 6.45) is 0. The number of anilines is 1. The first-order chi connectivity index (χ1) is 9.72. The van der Waals surface area contributed by atoms with Crippen LogP contribution in [0.3, 0.4) is 0 Å². The van der Waals surface area contributed by atoms with Gasteiger partial charge in [0.15, 0.2) is 0 Å². The zero-order chi connectivity index (χ0) is 13.7. The number of hydrogen-bond donors (Lipinski definition) is 2. The van der Waals surface area contributed by atoms with Crippen molar-refractivity contribution in [3.05, 3.63) is 58.1 Å². The molecule has 5 heteroatoms. The minimum Gasteiger partial charge on any atom is -0.384 e. The number of rotatable bonds is 1. The lowest BCUT2D eigenvalue weighted by molar-refractivity contribution is 0.623. The molecule has 0 saturated carbocycles. The molecule has 20 heavy (non-hydrogen) atoms. The van der Waals surface area contributed by atoms with Gasteiger partial charge in [-0.25, -0.2) is 9.37 Å². The Balaban J connectivity index is 1.84. The average molecular weight is 332 g/mol. The van der Waals surface area contributed by atoms with Crippen LogP contribution in [-0.2, 0) is 0 Å². The number of fused-ring (bicyclic) bond motifs is 2. The van der Waals surface area contributed by atoms with Crippen LogP contribution >= 0.6 is 15.9 Å². The zero-order valence-electron chi connectivity index (χ0n) is 10.5. The number of H-pyrrole nitrogens is 1. The maximum Gasteiger partial charge on any atom is 0.139 e. The van der Waals surface area contributed by atoms with Gasteiger partial charge in [-0.05, 0) is 33.6 Å². The highest BCUT2D eigenvalue weighted by Crippen LogP contribution is 2.35. The minimum absolute atomic E-state index is 0.181. The molecule has 2 aromatic carbocycles. The van der Waals surface area contributed by atoms with Crippen molar-refractivity contribution in [2.75, 3.05) is 11.9 Å². The minimum atomic E-state index is -0.280. The monoisotopic (exact) mass is 331 g/mol. The van der Waals surface area contributed by atoms with Crippen LogP contribution in [0.2, 0.25) is 0 Å². The van der Waals surface area contributed by atoms with Crippen molar-refractivity contribution in [3.8, 4) is 0 Å². The predicted molar refractivity (Wildman–Crippen MR) is 80.5 cm³/mol. The largest absolute Gasteiger partial charge is 0.384 e. The highest BCUT2D eigenvalue weighted by molar-refractivity contribution is 9.10. The molecule has 4 rings (SSSR count). The zero-order valence-corrected chi connectivity index (χ0v) is 12.0. The number of para-hydroxylation sites is 1. The molecule has 1 unspecified atom stereocenters. The van der Waals surface area contributed by atoms with Gasteiger partial charge < -0.3 is 10.3 Å². The molecule has 0 aliphatic carbocycles. The number of halogens is 2. The molecular weight excluding hydrogens is 321 g/mol. The Bertz CT molecular complexity index is 773. The molecule has 1 aliphatic heterocycles. The van der Waals surface area contributed by atoms with Gasteiger partial charge in [0.05, 0.1) is 21.4 Å². The first-order valence-corrected chi connectivity index (χ1v) is 7.19. The van der Waals surface area contributed by atoms with Crippen molar-refractivity contribution >= 4 is 32.7 Å².